The molecule has 2 rings (SSSR count). The third-order valence-electron chi connectivity index (χ3n) is 3.81. The smallest absolute Gasteiger partial charge is 0.223 e. The van der Waals surface area contributed by atoms with Crippen molar-refractivity contribution >= 4 is 17.5 Å². The number of rotatable bonds is 7. The van der Waals surface area contributed by atoms with Crippen molar-refractivity contribution in [1.29, 1.82) is 0 Å². The molecule has 6 nitrogen and oxygen atoms in total. The fourth-order valence-electron chi connectivity index (χ4n) is 2.46. The summed E-state index contributed by atoms with van der Waals surface area (Å²) in [5.74, 6) is 0.360. The first-order valence-electron chi connectivity index (χ1n) is 8.09. The van der Waals surface area contributed by atoms with Crippen molar-refractivity contribution in [1.82, 2.24) is 10.3 Å². The number of benzene rings is 1. The highest BCUT2D eigenvalue weighted by Crippen LogP contribution is 2.29. The Labute approximate surface area is 147 Å². The van der Waals surface area contributed by atoms with Crippen LogP contribution in [0.25, 0.3) is 0 Å². The van der Waals surface area contributed by atoms with Crippen LogP contribution in [-0.4, -0.2) is 30.5 Å². The van der Waals surface area contributed by atoms with Crippen molar-refractivity contribution in [2.75, 3.05) is 18.6 Å². The molecule has 1 heterocycles. The average Bonchev–Trinajstić information content (AvgIpc) is 2.61. The number of amides is 2. The monoisotopic (exact) mass is 341 g/mol. The number of anilines is 1. The summed E-state index contributed by atoms with van der Waals surface area (Å²) in [4.78, 5) is 29.7. The maximum Gasteiger partial charge on any atom is 0.223 e. The van der Waals surface area contributed by atoms with E-state index in [1.807, 2.05) is 37.3 Å². The molecular formula is C19H23N3O3. The summed E-state index contributed by atoms with van der Waals surface area (Å²) >= 11 is 0. The number of carbonyl (C=O) groups excluding carboxylic acids is 2. The van der Waals surface area contributed by atoms with E-state index in [1.54, 1.807) is 24.4 Å². The van der Waals surface area contributed by atoms with E-state index in [0.717, 1.165) is 11.1 Å². The highest BCUT2D eigenvalue weighted by atomic mass is 16.5. The summed E-state index contributed by atoms with van der Waals surface area (Å²) in [7, 11) is 1.56. The summed E-state index contributed by atoms with van der Waals surface area (Å²) in [6, 6.07) is 9.32. The number of hydrogen-bond donors (Lipinski definition) is 1. The molecule has 0 radical (unpaired) electrons. The lowest BCUT2D eigenvalue weighted by Gasteiger charge is -2.23. The van der Waals surface area contributed by atoms with Gasteiger partial charge in [0.2, 0.25) is 11.8 Å². The largest absolute Gasteiger partial charge is 0.495 e. The van der Waals surface area contributed by atoms with Crippen molar-refractivity contribution in [3.8, 4) is 5.75 Å². The van der Waals surface area contributed by atoms with Gasteiger partial charge in [0.05, 0.1) is 12.8 Å². The van der Waals surface area contributed by atoms with E-state index < -0.39 is 0 Å². The maximum absolute atomic E-state index is 12.1. The van der Waals surface area contributed by atoms with Crippen LogP contribution in [0.5, 0.6) is 5.75 Å². The Balaban J connectivity index is 1.99. The minimum absolute atomic E-state index is 0.116. The molecule has 0 unspecified atom stereocenters. The standard InChI is InChI=1S/C19H23N3O3/c1-14-4-5-18(25-3)17(12-14)22(15(2)23)11-8-19(24)21-13-16-6-9-20-10-7-16/h4-7,9-10,12H,8,11,13H2,1-3H3,(H,21,24). The van der Waals surface area contributed by atoms with Crippen LogP contribution in [0.4, 0.5) is 5.69 Å². The molecule has 0 fully saturated rings. The first-order valence-corrected chi connectivity index (χ1v) is 8.09. The van der Waals surface area contributed by atoms with Crippen molar-refractivity contribution in [3.05, 3.63) is 53.9 Å². The van der Waals surface area contributed by atoms with E-state index in [4.69, 9.17) is 4.74 Å². The zero-order valence-corrected chi connectivity index (χ0v) is 14.8. The Morgan fingerprint density at radius 1 is 1.20 bits per heavy atom. The number of aromatic nitrogens is 1. The van der Waals surface area contributed by atoms with E-state index in [0.29, 0.717) is 18.0 Å². The van der Waals surface area contributed by atoms with Crippen molar-refractivity contribution in [2.45, 2.75) is 26.8 Å². The Morgan fingerprint density at radius 2 is 1.92 bits per heavy atom. The van der Waals surface area contributed by atoms with Gasteiger partial charge in [0.1, 0.15) is 5.75 Å². The normalized spacial score (nSPS) is 10.2. The van der Waals surface area contributed by atoms with Gasteiger partial charge in [-0.3, -0.25) is 14.6 Å². The third kappa shape index (κ3) is 5.31. The van der Waals surface area contributed by atoms with Gasteiger partial charge in [-0.1, -0.05) is 6.07 Å². The molecule has 0 aliphatic rings. The zero-order valence-electron chi connectivity index (χ0n) is 14.8. The molecule has 0 saturated heterocycles. The van der Waals surface area contributed by atoms with Crippen molar-refractivity contribution in [2.24, 2.45) is 0 Å². The summed E-state index contributed by atoms with van der Waals surface area (Å²) in [5.41, 5.74) is 2.67. The molecule has 0 aliphatic carbocycles. The number of ether oxygens (including phenoxy) is 1. The van der Waals surface area contributed by atoms with E-state index >= 15 is 0 Å². The van der Waals surface area contributed by atoms with Crippen LogP contribution in [0.15, 0.2) is 42.7 Å². The van der Waals surface area contributed by atoms with Crippen LogP contribution in [0.1, 0.15) is 24.5 Å². The van der Waals surface area contributed by atoms with Crippen LogP contribution >= 0.6 is 0 Å². The van der Waals surface area contributed by atoms with Crippen LogP contribution in [0.3, 0.4) is 0 Å². The Bertz CT molecular complexity index is 732. The van der Waals surface area contributed by atoms with Gasteiger partial charge >= 0.3 is 0 Å². The van der Waals surface area contributed by atoms with Crippen LogP contribution < -0.4 is 15.0 Å². The van der Waals surface area contributed by atoms with Crippen molar-refractivity contribution in [3.63, 3.8) is 0 Å². The van der Waals surface area contributed by atoms with Gasteiger partial charge in [0.15, 0.2) is 0 Å². The molecule has 2 aromatic rings. The van der Waals surface area contributed by atoms with Gasteiger partial charge in [0, 0.05) is 38.8 Å². The topological polar surface area (TPSA) is 71.5 Å². The predicted octanol–water partition coefficient (Wildman–Crippen LogP) is 2.46. The number of carbonyl (C=O) groups is 2. The quantitative estimate of drug-likeness (QED) is 0.840. The van der Waals surface area contributed by atoms with Gasteiger partial charge < -0.3 is 15.0 Å². The maximum atomic E-state index is 12.1. The Morgan fingerprint density at radius 3 is 2.56 bits per heavy atom. The molecule has 6 heteroatoms. The highest BCUT2D eigenvalue weighted by Gasteiger charge is 2.17. The number of aryl methyl sites for hydroxylation is 1. The molecule has 1 aromatic carbocycles. The second kappa shape index (κ2) is 8.82. The molecular weight excluding hydrogens is 318 g/mol. The molecule has 0 atom stereocenters. The summed E-state index contributed by atoms with van der Waals surface area (Å²) in [5, 5.41) is 2.85. The van der Waals surface area contributed by atoms with Crippen molar-refractivity contribution < 1.29 is 14.3 Å². The molecule has 132 valence electrons. The Hall–Kier alpha value is -2.89. The van der Waals surface area contributed by atoms with E-state index in [9.17, 15) is 9.59 Å². The number of nitrogens with one attached hydrogen (secondary N) is 1. The lowest BCUT2D eigenvalue weighted by molar-refractivity contribution is -0.121. The summed E-state index contributed by atoms with van der Waals surface area (Å²) in [6.45, 7) is 4.16. The van der Waals surface area contributed by atoms with Gasteiger partial charge in [-0.25, -0.2) is 0 Å². The molecule has 0 spiro atoms. The highest BCUT2D eigenvalue weighted by molar-refractivity contribution is 5.94. The minimum atomic E-state index is -0.133. The minimum Gasteiger partial charge on any atom is -0.495 e. The number of methoxy groups -OCH3 is 1. The molecule has 1 aromatic heterocycles. The fraction of sp³-hybridized carbons (Fsp3) is 0.316. The summed E-state index contributed by atoms with van der Waals surface area (Å²) in [6.07, 6.45) is 3.58. The first kappa shape index (κ1) is 18.4. The SMILES string of the molecule is COc1ccc(C)cc1N(CCC(=O)NCc1ccncc1)C(C)=O. The summed E-state index contributed by atoms with van der Waals surface area (Å²) < 4.78 is 5.34. The second-order valence-corrected chi connectivity index (χ2v) is 5.73. The number of nitrogens with zero attached hydrogens (tertiary/aromatic N) is 2. The third-order valence-corrected chi connectivity index (χ3v) is 3.81. The van der Waals surface area contributed by atoms with Gasteiger partial charge in [-0.15, -0.1) is 0 Å². The average molecular weight is 341 g/mol. The molecule has 0 aliphatic heterocycles. The van der Waals surface area contributed by atoms with Crippen LogP contribution in [-0.2, 0) is 16.1 Å². The lowest BCUT2D eigenvalue weighted by atomic mass is 10.1. The fourth-order valence-corrected chi connectivity index (χ4v) is 2.46. The number of hydrogen-bond acceptors (Lipinski definition) is 4. The van der Waals surface area contributed by atoms with Crippen LogP contribution in [0.2, 0.25) is 0 Å². The van der Waals surface area contributed by atoms with E-state index in [-0.39, 0.29) is 24.8 Å². The van der Waals surface area contributed by atoms with Crippen LogP contribution in [0, 0.1) is 6.92 Å². The molecule has 0 saturated carbocycles. The number of pyridine rings is 1. The molecule has 1 N–H and O–H groups in total. The first-order chi connectivity index (χ1) is 12.0. The Kier molecular flexibility index (Phi) is 6.51. The lowest BCUT2D eigenvalue weighted by Crippen LogP contribution is -2.34. The molecule has 2 amide bonds. The predicted molar refractivity (Wildman–Crippen MR) is 96.5 cm³/mol. The van der Waals surface area contributed by atoms with Gasteiger partial charge in [-0.2, -0.15) is 0 Å². The molecule has 0 bridgehead atoms. The zero-order chi connectivity index (χ0) is 18.2. The second-order valence-electron chi connectivity index (χ2n) is 5.73. The van der Waals surface area contributed by atoms with Gasteiger partial charge in [-0.05, 0) is 42.3 Å². The van der Waals surface area contributed by atoms with E-state index in [2.05, 4.69) is 10.3 Å². The van der Waals surface area contributed by atoms with Gasteiger partial charge in [0.25, 0.3) is 0 Å². The molecule has 25 heavy (non-hydrogen) atoms. The van der Waals surface area contributed by atoms with E-state index in [1.165, 1.54) is 6.92 Å².